The SMILES string of the molecule is COc1cc(C=CC(=O)NCc2ccc(N3CCOCC3)nc2)ccc1OC(C)C. The average molecular weight is 412 g/mol. The molecular weight excluding hydrogens is 382 g/mol. The van der Waals surface area contributed by atoms with E-state index in [0.717, 1.165) is 43.2 Å². The molecule has 1 saturated heterocycles. The van der Waals surface area contributed by atoms with Crippen LogP contribution < -0.4 is 19.7 Å². The number of pyridine rings is 1. The first-order chi connectivity index (χ1) is 14.5. The van der Waals surface area contributed by atoms with Gasteiger partial charge in [0.1, 0.15) is 5.82 Å². The number of anilines is 1. The van der Waals surface area contributed by atoms with Crippen LogP contribution in [0.5, 0.6) is 11.5 Å². The Balaban J connectivity index is 1.52. The molecule has 0 saturated carbocycles. The van der Waals surface area contributed by atoms with Crippen LogP contribution in [-0.4, -0.2) is 50.4 Å². The summed E-state index contributed by atoms with van der Waals surface area (Å²) in [5.41, 5.74) is 1.81. The number of benzene rings is 1. The highest BCUT2D eigenvalue weighted by Crippen LogP contribution is 2.29. The molecule has 0 radical (unpaired) electrons. The zero-order valence-corrected chi connectivity index (χ0v) is 17.8. The molecule has 7 nitrogen and oxygen atoms in total. The predicted octanol–water partition coefficient (Wildman–Crippen LogP) is 3.04. The van der Waals surface area contributed by atoms with E-state index in [-0.39, 0.29) is 12.0 Å². The fourth-order valence-electron chi connectivity index (χ4n) is 3.06. The molecule has 0 unspecified atom stereocenters. The lowest BCUT2D eigenvalue weighted by atomic mass is 10.2. The van der Waals surface area contributed by atoms with E-state index >= 15 is 0 Å². The Hall–Kier alpha value is -3.06. The molecule has 1 aromatic heterocycles. The normalized spacial score (nSPS) is 14.2. The minimum absolute atomic E-state index is 0.0588. The molecule has 2 heterocycles. The van der Waals surface area contributed by atoms with Crippen LogP contribution >= 0.6 is 0 Å². The van der Waals surface area contributed by atoms with E-state index in [1.54, 1.807) is 19.4 Å². The average Bonchev–Trinajstić information content (AvgIpc) is 2.77. The van der Waals surface area contributed by atoms with Crippen molar-refractivity contribution in [1.82, 2.24) is 10.3 Å². The molecule has 0 aliphatic carbocycles. The standard InChI is InChI=1S/C23H29N3O4/c1-17(2)30-20-7-4-18(14-21(20)28-3)6-9-23(27)25-16-19-5-8-22(24-15-19)26-10-12-29-13-11-26/h4-9,14-15,17H,10-13,16H2,1-3H3,(H,25,27). The lowest BCUT2D eigenvalue weighted by molar-refractivity contribution is -0.116. The molecule has 0 bridgehead atoms. The van der Waals surface area contributed by atoms with Crippen LogP contribution in [0.4, 0.5) is 5.82 Å². The summed E-state index contributed by atoms with van der Waals surface area (Å²) in [6, 6.07) is 9.54. The van der Waals surface area contributed by atoms with Crippen LogP contribution in [0, 0.1) is 0 Å². The van der Waals surface area contributed by atoms with Crippen LogP contribution in [0.25, 0.3) is 6.08 Å². The number of hydrogen-bond acceptors (Lipinski definition) is 6. The fraction of sp³-hybridized carbons (Fsp3) is 0.391. The van der Waals surface area contributed by atoms with Gasteiger partial charge in [-0.05, 0) is 49.2 Å². The second-order valence-corrected chi connectivity index (χ2v) is 7.25. The monoisotopic (exact) mass is 411 g/mol. The summed E-state index contributed by atoms with van der Waals surface area (Å²) < 4.78 is 16.4. The van der Waals surface area contributed by atoms with Crippen molar-refractivity contribution in [2.24, 2.45) is 0 Å². The molecule has 2 aromatic rings. The van der Waals surface area contributed by atoms with Gasteiger partial charge >= 0.3 is 0 Å². The summed E-state index contributed by atoms with van der Waals surface area (Å²) in [6.45, 7) is 7.50. The number of nitrogens with one attached hydrogen (secondary N) is 1. The Morgan fingerprint density at radius 2 is 2.03 bits per heavy atom. The Bertz CT molecular complexity index is 859. The molecule has 3 rings (SSSR count). The molecule has 1 N–H and O–H groups in total. The van der Waals surface area contributed by atoms with E-state index in [1.165, 1.54) is 6.08 Å². The van der Waals surface area contributed by atoms with Crippen LogP contribution in [0.2, 0.25) is 0 Å². The van der Waals surface area contributed by atoms with E-state index < -0.39 is 0 Å². The molecule has 30 heavy (non-hydrogen) atoms. The van der Waals surface area contributed by atoms with Gasteiger partial charge in [-0.3, -0.25) is 4.79 Å². The topological polar surface area (TPSA) is 72.9 Å². The zero-order valence-electron chi connectivity index (χ0n) is 17.8. The molecular formula is C23H29N3O4. The second-order valence-electron chi connectivity index (χ2n) is 7.25. The number of ether oxygens (including phenoxy) is 3. The number of nitrogens with zero attached hydrogens (tertiary/aromatic N) is 2. The fourth-order valence-corrected chi connectivity index (χ4v) is 3.06. The van der Waals surface area contributed by atoms with Crippen molar-refractivity contribution in [2.45, 2.75) is 26.5 Å². The van der Waals surface area contributed by atoms with Crippen molar-refractivity contribution in [1.29, 1.82) is 0 Å². The summed E-state index contributed by atoms with van der Waals surface area (Å²) in [7, 11) is 1.60. The highest BCUT2D eigenvalue weighted by Gasteiger charge is 2.12. The number of amides is 1. The van der Waals surface area contributed by atoms with Crippen LogP contribution in [-0.2, 0) is 16.1 Å². The Kier molecular flexibility index (Phi) is 7.68. The third-order valence-corrected chi connectivity index (χ3v) is 4.59. The molecule has 0 atom stereocenters. The van der Waals surface area contributed by atoms with E-state index in [1.807, 2.05) is 44.2 Å². The van der Waals surface area contributed by atoms with Gasteiger partial charge in [-0.25, -0.2) is 4.98 Å². The number of carbonyl (C=O) groups is 1. The summed E-state index contributed by atoms with van der Waals surface area (Å²) in [4.78, 5) is 18.9. The summed E-state index contributed by atoms with van der Waals surface area (Å²) in [6.07, 6.45) is 5.11. The third kappa shape index (κ3) is 6.22. The number of carbonyl (C=O) groups excluding carboxylic acids is 1. The number of aromatic nitrogens is 1. The van der Waals surface area contributed by atoms with Crippen molar-refractivity contribution >= 4 is 17.8 Å². The van der Waals surface area contributed by atoms with Gasteiger partial charge in [0.05, 0.1) is 26.4 Å². The Morgan fingerprint density at radius 1 is 1.23 bits per heavy atom. The maximum absolute atomic E-state index is 12.2. The zero-order chi connectivity index (χ0) is 21.3. The van der Waals surface area contributed by atoms with Crippen molar-refractivity contribution in [3.8, 4) is 11.5 Å². The molecule has 7 heteroatoms. The van der Waals surface area contributed by atoms with Crippen LogP contribution in [0.15, 0.2) is 42.6 Å². The first-order valence-electron chi connectivity index (χ1n) is 10.1. The van der Waals surface area contributed by atoms with Crippen LogP contribution in [0.1, 0.15) is 25.0 Å². The van der Waals surface area contributed by atoms with Gasteiger partial charge in [0.25, 0.3) is 0 Å². The molecule has 0 spiro atoms. The largest absolute Gasteiger partial charge is 0.493 e. The maximum atomic E-state index is 12.2. The van der Waals surface area contributed by atoms with Crippen molar-refractivity contribution < 1.29 is 19.0 Å². The summed E-state index contributed by atoms with van der Waals surface area (Å²) in [5, 5.41) is 2.88. The van der Waals surface area contributed by atoms with Crippen molar-refractivity contribution in [3.63, 3.8) is 0 Å². The van der Waals surface area contributed by atoms with Gasteiger partial charge in [-0.2, -0.15) is 0 Å². The first kappa shape index (κ1) is 21.6. The van der Waals surface area contributed by atoms with E-state index in [9.17, 15) is 4.79 Å². The Morgan fingerprint density at radius 3 is 2.70 bits per heavy atom. The molecule has 1 aromatic carbocycles. The highest BCUT2D eigenvalue weighted by molar-refractivity contribution is 5.91. The van der Waals surface area contributed by atoms with E-state index in [4.69, 9.17) is 14.2 Å². The minimum atomic E-state index is -0.172. The van der Waals surface area contributed by atoms with Gasteiger partial charge in [0.15, 0.2) is 11.5 Å². The second kappa shape index (κ2) is 10.6. The Labute approximate surface area is 177 Å². The molecule has 1 aliphatic heterocycles. The van der Waals surface area contributed by atoms with E-state index in [0.29, 0.717) is 18.0 Å². The van der Waals surface area contributed by atoms with Crippen molar-refractivity contribution in [3.05, 3.63) is 53.7 Å². The summed E-state index contributed by atoms with van der Waals surface area (Å²) >= 11 is 0. The van der Waals surface area contributed by atoms with Gasteiger partial charge in [0.2, 0.25) is 5.91 Å². The third-order valence-electron chi connectivity index (χ3n) is 4.59. The quantitative estimate of drug-likeness (QED) is 0.673. The van der Waals surface area contributed by atoms with Gasteiger partial charge in [-0.15, -0.1) is 0 Å². The van der Waals surface area contributed by atoms with E-state index in [2.05, 4.69) is 15.2 Å². The smallest absolute Gasteiger partial charge is 0.244 e. The molecule has 160 valence electrons. The van der Waals surface area contributed by atoms with Gasteiger partial charge in [0, 0.05) is 31.9 Å². The van der Waals surface area contributed by atoms with Gasteiger partial charge in [-0.1, -0.05) is 12.1 Å². The van der Waals surface area contributed by atoms with Gasteiger partial charge < -0.3 is 24.4 Å². The number of rotatable bonds is 8. The number of hydrogen-bond donors (Lipinski definition) is 1. The predicted molar refractivity (Wildman–Crippen MR) is 117 cm³/mol. The van der Waals surface area contributed by atoms with Crippen LogP contribution in [0.3, 0.4) is 0 Å². The maximum Gasteiger partial charge on any atom is 0.244 e. The highest BCUT2D eigenvalue weighted by atomic mass is 16.5. The first-order valence-corrected chi connectivity index (χ1v) is 10.1. The number of methoxy groups -OCH3 is 1. The molecule has 1 aliphatic rings. The number of morpholine rings is 1. The minimum Gasteiger partial charge on any atom is -0.493 e. The lowest BCUT2D eigenvalue weighted by Gasteiger charge is -2.27. The molecule has 1 fully saturated rings. The van der Waals surface area contributed by atoms with Crippen molar-refractivity contribution in [2.75, 3.05) is 38.3 Å². The molecule has 1 amide bonds. The summed E-state index contributed by atoms with van der Waals surface area (Å²) in [5.74, 6) is 2.08. The lowest BCUT2D eigenvalue weighted by Crippen LogP contribution is -2.36.